The number of nitrogens with zero attached hydrogens (tertiary/aromatic N) is 2. The molecule has 5 nitrogen and oxygen atoms in total. The second-order valence-corrected chi connectivity index (χ2v) is 10.9. The molecule has 1 saturated heterocycles. The van der Waals surface area contributed by atoms with E-state index in [1.165, 1.54) is 43.9 Å². The van der Waals surface area contributed by atoms with Gasteiger partial charge in [0.1, 0.15) is 5.25 Å². The summed E-state index contributed by atoms with van der Waals surface area (Å²) in [5.41, 5.74) is 1.06. The number of aliphatic carboxylic acids is 1. The van der Waals surface area contributed by atoms with E-state index in [-0.39, 0.29) is 12.3 Å². The third-order valence-corrected chi connectivity index (χ3v) is 8.81. The van der Waals surface area contributed by atoms with E-state index in [0.717, 1.165) is 24.2 Å². The molecule has 0 aromatic heterocycles. The van der Waals surface area contributed by atoms with Crippen molar-refractivity contribution in [3.63, 3.8) is 0 Å². The zero-order chi connectivity index (χ0) is 20.2. The molecule has 1 amide bonds. The van der Waals surface area contributed by atoms with Gasteiger partial charge in [-0.15, -0.1) is 0 Å². The molecule has 3 atom stereocenters. The van der Waals surface area contributed by atoms with Crippen molar-refractivity contribution >= 4 is 46.1 Å². The number of carbonyl (C=O) groups is 2. The van der Waals surface area contributed by atoms with Gasteiger partial charge < -0.3 is 5.11 Å². The highest BCUT2D eigenvalue weighted by atomic mass is 35.5. The van der Waals surface area contributed by atoms with E-state index in [2.05, 4.69) is 4.99 Å². The van der Waals surface area contributed by atoms with Crippen LogP contribution in [-0.2, 0) is 9.59 Å². The molecule has 4 bridgehead atoms. The first-order valence-corrected chi connectivity index (χ1v) is 11.7. The molecule has 5 fully saturated rings. The number of benzene rings is 1. The fourth-order valence-electron chi connectivity index (χ4n) is 6.31. The van der Waals surface area contributed by atoms with Gasteiger partial charge in [0.15, 0.2) is 5.17 Å². The van der Waals surface area contributed by atoms with E-state index in [9.17, 15) is 14.7 Å². The van der Waals surface area contributed by atoms with Crippen LogP contribution in [0.1, 0.15) is 44.9 Å². The van der Waals surface area contributed by atoms with Crippen LogP contribution in [0, 0.1) is 23.2 Å². The third kappa shape index (κ3) is 3.70. The summed E-state index contributed by atoms with van der Waals surface area (Å²) in [6, 6.07) is 7.08. The molecule has 0 spiro atoms. The number of halogens is 1. The lowest BCUT2D eigenvalue weighted by molar-refractivity contribution is -0.139. The number of rotatable bonds is 5. The van der Waals surface area contributed by atoms with Gasteiger partial charge in [-0.25, -0.2) is 4.99 Å². The van der Waals surface area contributed by atoms with Crippen molar-refractivity contribution in [2.45, 2.75) is 50.2 Å². The lowest BCUT2D eigenvalue weighted by Crippen LogP contribution is -2.45. The molecule has 1 aromatic carbocycles. The Labute approximate surface area is 179 Å². The molecule has 1 heterocycles. The minimum atomic E-state index is -0.962. The first-order valence-electron chi connectivity index (χ1n) is 10.4. The van der Waals surface area contributed by atoms with Gasteiger partial charge in [0.2, 0.25) is 5.91 Å². The number of thioether (sulfide) groups is 1. The summed E-state index contributed by atoms with van der Waals surface area (Å²) in [4.78, 5) is 30.8. The molecule has 1 aliphatic heterocycles. The van der Waals surface area contributed by atoms with Gasteiger partial charge in [-0.05, 0) is 86.0 Å². The van der Waals surface area contributed by atoms with Gasteiger partial charge in [-0.3, -0.25) is 14.5 Å². The van der Waals surface area contributed by atoms with E-state index in [1.807, 2.05) is 0 Å². The number of aliphatic imine (C=N–C) groups is 1. The molecule has 1 N–H and O–H groups in total. The van der Waals surface area contributed by atoms with Gasteiger partial charge in [0, 0.05) is 11.6 Å². The second-order valence-electron chi connectivity index (χ2n) is 9.28. The molecule has 0 radical (unpaired) electrons. The minimum absolute atomic E-state index is 0.0283. The molecule has 7 heteroatoms. The number of carboxylic acid groups (broad SMARTS) is 1. The largest absolute Gasteiger partial charge is 0.480 e. The van der Waals surface area contributed by atoms with Gasteiger partial charge >= 0.3 is 5.97 Å². The Bertz CT molecular complexity index is 852. The molecule has 1 aromatic rings. The quantitative estimate of drug-likeness (QED) is 0.713. The highest BCUT2D eigenvalue weighted by Gasteiger charge is 2.55. The van der Waals surface area contributed by atoms with Crippen molar-refractivity contribution < 1.29 is 14.7 Å². The van der Waals surface area contributed by atoms with E-state index < -0.39 is 11.2 Å². The van der Waals surface area contributed by atoms with Crippen molar-refractivity contribution in [2.75, 3.05) is 6.54 Å². The van der Waals surface area contributed by atoms with Crippen molar-refractivity contribution in [1.29, 1.82) is 0 Å². The Morgan fingerprint density at radius 2 is 1.90 bits per heavy atom. The summed E-state index contributed by atoms with van der Waals surface area (Å²) in [5, 5.41) is 9.79. The molecule has 29 heavy (non-hydrogen) atoms. The van der Waals surface area contributed by atoms with Crippen LogP contribution in [0.3, 0.4) is 0 Å². The number of hydrogen-bond acceptors (Lipinski definition) is 4. The van der Waals surface area contributed by atoms with Crippen molar-refractivity contribution in [1.82, 2.24) is 4.90 Å². The molecule has 4 aliphatic carbocycles. The molecule has 4 saturated carbocycles. The average molecular weight is 433 g/mol. The van der Waals surface area contributed by atoms with Crippen LogP contribution in [0.15, 0.2) is 29.3 Å². The maximum Gasteiger partial charge on any atom is 0.317 e. The third-order valence-electron chi connectivity index (χ3n) is 7.38. The fourth-order valence-corrected chi connectivity index (χ4v) is 7.50. The van der Waals surface area contributed by atoms with Crippen LogP contribution in [-0.4, -0.2) is 38.8 Å². The maximum absolute atomic E-state index is 12.9. The summed E-state index contributed by atoms with van der Waals surface area (Å²) in [6.45, 7) is 0.636. The van der Waals surface area contributed by atoms with Crippen molar-refractivity contribution in [3.8, 4) is 0 Å². The standard InChI is InChI=1S/C22H25ClN2O3S/c23-16-1-3-17(4-2-16)24-21-25(19(26)9-18(29-21)20(27)28)6-5-22-10-13-7-14(11-22)15(8-13)12-22/h1-4,13-15,18H,5-12H2,(H,27,28). The Hall–Kier alpha value is -1.53. The first kappa shape index (κ1) is 19.4. The summed E-state index contributed by atoms with van der Waals surface area (Å²) in [6.07, 6.45) is 7.77. The summed E-state index contributed by atoms with van der Waals surface area (Å²) >= 11 is 7.15. The maximum atomic E-state index is 12.9. The average Bonchev–Trinajstić information content (AvgIpc) is 3.09. The molecule has 5 aliphatic rings. The van der Waals surface area contributed by atoms with Gasteiger partial charge in [0.05, 0.1) is 12.1 Å². The fraction of sp³-hybridized carbons (Fsp3) is 0.591. The topological polar surface area (TPSA) is 70.0 Å². The number of hydrogen-bond donors (Lipinski definition) is 1. The smallest absolute Gasteiger partial charge is 0.317 e. The van der Waals surface area contributed by atoms with E-state index in [4.69, 9.17) is 11.6 Å². The molecule has 6 rings (SSSR count). The molecule has 3 unspecified atom stereocenters. The van der Waals surface area contributed by atoms with Crippen molar-refractivity contribution in [2.24, 2.45) is 28.2 Å². The summed E-state index contributed by atoms with van der Waals surface area (Å²) in [7, 11) is 0. The Balaban J connectivity index is 1.36. The van der Waals surface area contributed by atoms with E-state index in [1.54, 1.807) is 29.2 Å². The predicted molar refractivity (Wildman–Crippen MR) is 114 cm³/mol. The number of amidine groups is 1. The Morgan fingerprint density at radius 1 is 1.21 bits per heavy atom. The lowest BCUT2D eigenvalue weighted by Gasteiger charge is -2.40. The number of amides is 1. The molecule has 154 valence electrons. The van der Waals surface area contributed by atoms with E-state index in [0.29, 0.717) is 27.8 Å². The van der Waals surface area contributed by atoms with Crippen LogP contribution in [0.5, 0.6) is 0 Å². The zero-order valence-corrected chi connectivity index (χ0v) is 17.8. The lowest BCUT2D eigenvalue weighted by atomic mass is 9.67. The number of carboxylic acids is 1. The van der Waals surface area contributed by atoms with Crippen LogP contribution in [0.25, 0.3) is 0 Å². The Morgan fingerprint density at radius 3 is 2.52 bits per heavy atom. The molecular formula is C22H25ClN2O3S. The summed E-state index contributed by atoms with van der Waals surface area (Å²) in [5.74, 6) is 1.60. The minimum Gasteiger partial charge on any atom is -0.480 e. The Kier molecular flexibility index (Phi) is 4.90. The normalized spacial score (nSPS) is 36.9. The van der Waals surface area contributed by atoms with Gasteiger partial charge in [0.25, 0.3) is 0 Å². The van der Waals surface area contributed by atoms with Crippen LogP contribution >= 0.6 is 23.4 Å². The first-order chi connectivity index (χ1) is 13.9. The number of carbonyl (C=O) groups excluding carboxylic acids is 1. The highest BCUT2D eigenvalue weighted by molar-refractivity contribution is 8.15. The summed E-state index contributed by atoms with van der Waals surface area (Å²) < 4.78 is 0. The molecular weight excluding hydrogens is 408 g/mol. The van der Waals surface area contributed by atoms with E-state index >= 15 is 0 Å². The van der Waals surface area contributed by atoms with Gasteiger partial charge in [-0.1, -0.05) is 23.4 Å². The zero-order valence-electron chi connectivity index (χ0n) is 16.2. The highest BCUT2D eigenvalue weighted by Crippen LogP contribution is 2.65. The van der Waals surface area contributed by atoms with Crippen molar-refractivity contribution in [3.05, 3.63) is 29.3 Å². The second kappa shape index (κ2) is 7.31. The SMILES string of the molecule is O=C(O)C1CC(=O)N(CCC23CC4CC(C2)C(C4)C3)C(=Nc2ccc(Cl)cc2)S1. The van der Waals surface area contributed by atoms with Crippen LogP contribution in [0.4, 0.5) is 5.69 Å². The predicted octanol–water partition coefficient (Wildman–Crippen LogP) is 4.96. The monoisotopic (exact) mass is 432 g/mol. The van der Waals surface area contributed by atoms with Gasteiger partial charge in [-0.2, -0.15) is 0 Å². The van der Waals surface area contributed by atoms with Crippen LogP contribution in [0.2, 0.25) is 5.02 Å². The van der Waals surface area contributed by atoms with Crippen LogP contribution < -0.4 is 0 Å².